The summed E-state index contributed by atoms with van der Waals surface area (Å²) in [7, 11) is 0. The molecule has 2 unspecified atom stereocenters. The van der Waals surface area contributed by atoms with Gasteiger partial charge in [-0.25, -0.2) is 0 Å². The molecule has 2 N–H and O–H groups in total. The summed E-state index contributed by atoms with van der Waals surface area (Å²) in [6.07, 6.45) is 2.62. The van der Waals surface area contributed by atoms with Gasteiger partial charge in [0.05, 0.1) is 0 Å². The first-order valence-corrected chi connectivity index (χ1v) is 8.95. The molecule has 0 radical (unpaired) electrons. The summed E-state index contributed by atoms with van der Waals surface area (Å²) in [6, 6.07) is 18.1. The minimum Gasteiger partial charge on any atom is -0.352 e. The Morgan fingerprint density at radius 2 is 1.54 bits per heavy atom. The van der Waals surface area contributed by atoms with Gasteiger partial charge >= 0.3 is 0 Å². The third kappa shape index (κ3) is 3.09. The molecule has 2 aromatic rings. The minimum atomic E-state index is 0.0487. The molecule has 1 aliphatic carbocycles. The lowest BCUT2D eigenvalue weighted by molar-refractivity contribution is 0.0934. The summed E-state index contributed by atoms with van der Waals surface area (Å²) in [5, 5.41) is 6.67. The van der Waals surface area contributed by atoms with Crippen LogP contribution in [0.25, 0.3) is 11.1 Å². The second kappa shape index (κ2) is 6.78. The van der Waals surface area contributed by atoms with Crippen LogP contribution in [0.15, 0.2) is 54.6 Å². The summed E-state index contributed by atoms with van der Waals surface area (Å²) in [5.41, 5.74) is 3.07. The van der Waals surface area contributed by atoms with Crippen molar-refractivity contribution in [2.75, 3.05) is 19.6 Å². The molecule has 2 aliphatic rings. The summed E-state index contributed by atoms with van der Waals surface area (Å²) in [6.45, 7) is 3.04. The number of rotatable bonds is 4. The number of fused-ring (bicyclic) bond motifs is 2. The first kappa shape index (κ1) is 15.4. The van der Waals surface area contributed by atoms with E-state index in [9.17, 15) is 4.79 Å². The van der Waals surface area contributed by atoms with Gasteiger partial charge in [-0.05, 0) is 66.9 Å². The van der Waals surface area contributed by atoms with Gasteiger partial charge in [-0.3, -0.25) is 4.79 Å². The quantitative estimate of drug-likeness (QED) is 0.907. The van der Waals surface area contributed by atoms with Crippen molar-refractivity contribution in [3.05, 3.63) is 60.2 Å². The average molecular weight is 320 g/mol. The number of carbonyl (C=O) groups excluding carboxylic acids is 1. The third-order valence-corrected chi connectivity index (χ3v) is 5.68. The van der Waals surface area contributed by atoms with E-state index in [1.165, 1.54) is 18.4 Å². The molecular weight excluding hydrogens is 296 g/mol. The van der Waals surface area contributed by atoms with Crippen LogP contribution in [0, 0.1) is 17.8 Å². The lowest BCUT2D eigenvalue weighted by Crippen LogP contribution is -2.43. The molecule has 1 saturated carbocycles. The molecule has 3 nitrogen and oxygen atoms in total. The van der Waals surface area contributed by atoms with Gasteiger partial charge in [-0.15, -0.1) is 0 Å². The molecule has 2 aromatic carbocycles. The van der Waals surface area contributed by atoms with Gasteiger partial charge in [0.2, 0.25) is 0 Å². The highest BCUT2D eigenvalue weighted by molar-refractivity contribution is 5.94. The van der Waals surface area contributed by atoms with E-state index in [1.54, 1.807) is 0 Å². The van der Waals surface area contributed by atoms with Crippen molar-refractivity contribution in [1.82, 2.24) is 10.6 Å². The van der Waals surface area contributed by atoms with Gasteiger partial charge < -0.3 is 10.6 Å². The molecule has 24 heavy (non-hydrogen) atoms. The molecule has 1 heterocycles. The topological polar surface area (TPSA) is 41.1 Å². The first-order chi connectivity index (χ1) is 11.8. The maximum atomic E-state index is 12.4. The Hall–Kier alpha value is -2.13. The molecule has 4 rings (SSSR count). The zero-order chi connectivity index (χ0) is 16.4. The highest BCUT2D eigenvalue weighted by Crippen LogP contribution is 2.38. The molecule has 1 amide bonds. The van der Waals surface area contributed by atoms with Gasteiger partial charge in [-0.2, -0.15) is 0 Å². The first-order valence-electron chi connectivity index (χ1n) is 8.95. The van der Waals surface area contributed by atoms with E-state index < -0.39 is 0 Å². The van der Waals surface area contributed by atoms with E-state index >= 15 is 0 Å². The van der Waals surface area contributed by atoms with E-state index in [-0.39, 0.29) is 5.91 Å². The van der Waals surface area contributed by atoms with E-state index in [4.69, 9.17) is 0 Å². The van der Waals surface area contributed by atoms with Crippen molar-refractivity contribution in [1.29, 1.82) is 0 Å². The Bertz CT molecular complexity index is 680. The van der Waals surface area contributed by atoms with Crippen LogP contribution in [0.5, 0.6) is 0 Å². The fourth-order valence-electron chi connectivity index (χ4n) is 4.29. The molecule has 124 valence electrons. The van der Waals surface area contributed by atoms with Crippen LogP contribution in [-0.2, 0) is 0 Å². The Morgan fingerprint density at radius 3 is 2.21 bits per heavy atom. The number of hydrogen-bond donors (Lipinski definition) is 2. The lowest BCUT2D eigenvalue weighted by Gasteiger charge is -2.30. The van der Waals surface area contributed by atoms with Crippen LogP contribution in [0.3, 0.4) is 0 Å². The Labute approximate surface area is 143 Å². The van der Waals surface area contributed by atoms with Crippen LogP contribution >= 0.6 is 0 Å². The van der Waals surface area contributed by atoms with Crippen molar-refractivity contribution in [3.8, 4) is 11.1 Å². The predicted molar refractivity (Wildman–Crippen MR) is 96.8 cm³/mol. The fourth-order valence-corrected chi connectivity index (χ4v) is 4.29. The smallest absolute Gasteiger partial charge is 0.251 e. The molecular formula is C21H24N2O. The van der Waals surface area contributed by atoms with Crippen LogP contribution in [0.4, 0.5) is 0 Å². The predicted octanol–water partition coefficient (Wildman–Crippen LogP) is 3.33. The monoisotopic (exact) mass is 320 g/mol. The Kier molecular flexibility index (Phi) is 4.35. The molecule has 0 spiro atoms. The number of benzene rings is 2. The SMILES string of the molecule is O=C(NCC1C2CCC1CNC2)c1ccc(-c2ccccc2)cc1. The van der Waals surface area contributed by atoms with Crippen LogP contribution in [0.1, 0.15) is 23.2 Å². The van der Waals surface area contributed by atoms with E-state index in [0.717, 1.165) is 42.6 Å². The number of hydrogen-bond acceptors (Lipinski definition) is 2. The number of carbonyl (C=O) groups is 1. The molecule has 3 heteroatoms. The van der Waals surface area contributed by atoms with E-state index in [0.29, 0.717) is 5.92 Å². The van der Waals surface area contributed by atoms with Crippen molar-refractivity contribution in [2.45, 2.75) is 12.8 Å². The van der Waals surface area contributed by atoms with Crippen molar-refractivity contribution in [3.63, 3.8) is 0 Å². The molecule has 2 atom stereocenters. The van der Waals surface area contributed by atoms with Gasteiger partial charge in [0.25, 0.3) is 5.91 Å². The maximum Gasteiger partial charge on any atom is 0.251 e. The van der Waals surface area contributed by atoms with Gasteiger partial charge in [-0.1, -0.05) is 42.5 Å². The highest BCUT2D eigenvalue weighted by atomic mass is 16.1. The van der Waals surface area contributed by atoms with E-state index in [1.807, 2.05) is 42.5 Å². The second-order valence-corrected chi connectivity index (χ2v) is 7.07. The largest absolute Gasteiger partial charge is 0.352 e. The third-order valence-electron chi connectivity index (χ3n) is 5.68. The molecule has 2 bridgehead atoms. The summed E-state index contributed by atoms with van der Waals surface area (Å²) in [4.78, 5) is 12.4. The summed E-state index contributed by atoms with van der Waals surface area (Å²) < 4.78 is 0. The minimum absolute atomic E-state index is 0.0487. The number of nitrogens with one attached hydrogen (secondary N) is 2. The molecule has 1 saturated heterocycles. The molecule has 1 aliphatic heterocycles. The van der Waals surface area contributed by atoms with Crippen molar-refractivity contribution in [2.24, 2.45) is 17.8 Å². The highest BCUT2D eigenvalue weighted by Gasteiger charge is 2.38. The second-order valence-electron chi connectivity index (χ2n) is 7.07. The number of amides is 1. The zero-order valence-corrected chi connectivity index (χ0v) is 13.9. The van der Waals surface area contributed by atoms with Gasteiger partial charge in [0.1, 0.15) is 0 Å². The Balaban J connectivity index is 1.38. The van der Waals surface area contributed by atoms with Crippen LogP contribution in [-0.4, -0.2) is 25.5 Å². The van der Waals surface area contributed by atoms with Gasteiger partial charge in [0.15, 0.2) is 0 Å². The normalized spacial score (nSPS) is 25.4. The number of piperidine rings is 1. The standard InChI is InChI=1S/C21H24N2O/c24-21(23-14-20-18-10-11-19(20)13-22-12-18)17-8-6-16(7-9-17)15-4-2-1-3-5-15/h1-9,18-20,22H,10-14H2,(H,23,24). The van der Waals surface area contributed by atoms with E-state index in [2.05, 4.69) is 22.8 Å². The molecule has 2 fully saturated rings. The maximum absolute atomic E-state index is 12.4. The fraction of sp³-hybridized carbons (Fsp3) is 0.381. The van der Waals surface area contributed by atoms with Crippen molar-refractivity contribution < 1.29 is 4.79 Å². The molecule has 0 aromatic heterocycles. The van der Waals surface area contributed by atoms with Crippen LogP contribution < -0.4 is 10.6 Å². The summed E-state index contributed by atoms with van der Waals surface area (Å²) in [5.74, 6) is 2.18. The average Bonchev–Trinajstić information content (AvgIpc) is 2.87. The zero-order valence-electron chi connectivity index (χ0n) is 13.9. The van der Waals surface area contributed by atoms with Crippen LogP contribution in [0.2, 0.25) is 0 Å². The van der Waals surface area contributed by atoms with Crippen molar-refractivity contribution >= 4 is 5.91 Å². The van der Waals surface area contributed by atoms with Gasteiger partial charge in [0, 0.05) is 12.1 Å². The summed E-state index contributed by atoms with van der Waals surface area (Å²) >= 11 is 0. The lowest BCUT2D eigenvalue weighted by atomic mass is 9.86. The Morgan fingerprint density at radius 1 is 0.917 bits per heavy atom.